The molecule has 3 aromatic carbocycles. The molecule has 3 nitrogen and oxygen atoms in total. The zero-order chi connectivity index (χ0) is 20.4. The Balaban J connectivity index is 1.78. The van der Waals surface area contributed by atoms with E-state index < -0.39 is 12.0 Å². The maximum absolute atomic E-state index is 11.9. The summed E-state index contributed by atoms with van der Waals surface area (Å²) >= 11 is 12.9. The Morgan fingerprint density at radius 3 is 2.31 bits per heavy atom. The Hall–Kier alpha value is -2.33. The van der Waals surface area contributed by atoms with E-state index in [1.165, 1.54) is 0 Å². The van der Waals surface area contributed by atoms with Gasteiger partial charge in [0.05, 0.1) is 16.1 Å². The minimum atomic E-state index is -0.799. The summed E-state index contributed by atoms with van der Waals surface area (Å²) in [5, 5.41) is 10.7. The summed E-state index contributed by atoms with van der Waals surface area (Å²) in [5.74, 6) is -0.799. The van der Waals surface area contributed by atoms with Crippen LogP contribution in [-0.4, -0.2) is 28.6 Å². The quantitative estimate of drug-likeness (QED) is 0.521. The van der Waals surface area contributed by atoms with Crippen LogP contribution >= 0.6 is 23.2 Å². The Kier molecular flexibility index (Phi) is 5.91. The number of hydrogen-bond donors (Lipinski definition) is 1. The predicted molar refractivity (Wildman–Crippen MR) is 118 cm³/mol. The van der Waals surface area contributed by atoms with Gasteiger partial charge in [0.2, 0.25) is 0 Å². The van der Waals surface area contributed by atoms with Crippen LogP contribution in [0.25, 0.3) is 11.1 Å². The van der Waals surface area contributed by atoms with E-state index in [-0.39, 0.29) is 6.04 Å². The van der Waals surface area contributed by atoms with Gasteiger partial charge in [-0.3, -0.25) is 9.69 Å². The smallest absolute Gasteiger partial charge is 0.320 e. The molecule has 29 heavy (non-hydrogen) atoms. The first kappa shape index (κ1) is 20.0. The Morgan fingerprint density at radius 2 is 1.62 bits per heavy atom. The molecular weight excluding hydrogens is 405 g/mol. The number of benzene rings is 3. The van der Waals surface area contributed by atoms with Crippen LogP contribution in [0.2, 0.25) is 10.0 Å². The number of aliphatic carboxylic acids is 1. The van der Waals surface area contributed by atoms with Crippen LogP contribution in [0, 0.1) is 0 Å². The van der Waals surface area contributed by atoms with E-state index in [4.69, 9.17) is 23.2 Å². The van der Waals surface area contributed by atoms with Crippen LogP contribution in [0.5, 0.6) is 0 Å². The lowest BCUT2D eigenvalue weighted by atomic mass is 9.94. The zero-order valence-corrected chi connectivity index (χ0v) is 17.3. The molecule has 0 bridgehead atoms. The number of carboxylic acids is 1. The number of carboxylic acid groups (broad SMARTS) is 1. The average molecular weight is 426 g/mol. The maximum atomic E-state index is 11.9. The molecule has 3 aromatic rings. The summed E-state index contributed by atoms with van der Waals surface area (Å²) in [7, 11) is 0. The first-order chi connectivity index (χ1) is 14.1. The van der Waals surface area contributed by atoms with Gasteiger partial charge in [-0.25, -0.2) is 0 Å². The number of likely N-dealkylation sites (tertiary alicyclic amines) is 1. The van der Waals surface area contributed by atoms with Crippen molar-refractivity contribution in [2.24, 2.45) is 0 Å². The van der Waals surface area contributed by atoms with Gasteiger partial charge < -0.3 is 5.11 Å². The SMILES string of the molecule is O=C(O)C1CCCN1C(c1ccc(-c2ccccc2)cc1)c1cccc(Cl)c1Cl. The Labute approximate surface area is 180 Å². The monoisotopic (exact) mass is 425 g/mol. The summed E-state index contributed by atoms with van der Waals surface area (Å²) in [6.07, 6.45) is 1.47. The summed E-state index contributed by atoms with van der Waals surface area (Å²) in [6, 6.07) is 23.2. The molecule has 148 valence electrons. The largest absolute Gasteiger partial charge is 0.480 e. The highest BCUT2D eigenvalue weighted by Crippen LogP contribution is 2.40. The molecular formula is C24H21Cl2NO2. The van der Waals surface area contributed by atoms with Crippen molar-refractivity contribution >= 4 is 29.2 Å². The van der Waals surface area contributed by atoms with Crippen LogP contribution in [0.3, 0.4) is 0 Å². The van der Waals surface area contributed by atoms with Crippen LogP contribution in [0.15, 0.2) is 72.8 Å². The third-order valence-corrected chi connectivity index (χ3v) is 6.35. The first-order valence-corrected chi connectivity index (χ1v) is 10.4. The van der Waals surface area contributed by atoms with Crippen molar-refractivity contribution in [3.8, 4) is 11.1 Å². The van der Waals surface area contributed by atoms with E-state index in [0.717, 1.165) is 28.7 Å². The van der Waals surface area contributed by atoms with Gasteiger partial charge in [-0.2, -0.15) is 0 Å². The van der Waals surface area contributed by atoms with Crippen molar-refractivity contribution in [2.75, 3.05) is 6.54 Å². The van der Waals surface area contributed by atoms with Crippen LogP contribution in [0.4, 0.5) is 0 Å². The highest BCUT2D eigenvalue weighted by Gasteiger charge is 2.37. The summed E-state index contributed by atoms with van der Waals surface area (Å²) in [5.41, 5.74) is 4.09. The lowest BCUT2D eigenvalue weighted by molar-refractivity contribution is -0.142. The molecule has 4 rings (SSSR count). The Bertz CT molecular complexity index is 1010. The standard InChI is InChI=1S/C24H21Cl2NO2/c25-20-9-4-8-19(22(20)26)23(27-15-5-10-21(27)24(28)29)18-13-11-17(12-14-18)16-6-2-1-3-7-16/h1-4,6-9,11-14,21,23H,5,10,15H2,(H,28,29). The molecule has 0 aliphatic carbocycles. The van der Waals surface area contributed by atoms with E-state index >= 15 is 0 Å². The van der Waals surface area contributed by atoms with Crippen molar-refractivity contribution in [3.63, 3.8) is 0 Å². The number of nitrogens with zero attached hydrogens (tertiary/aromatic N) is 1. The minimum Gasteiger partial charge on any atom is -0.480 e. The summed E-state index contributed by atoms with van der Waals surface area (Å²) in [4.78, 5) is 13.9. The van der Waals surface area contributed by atoms with Gasteiger partial charge >= 0.3 is 5.97 Å². The molecule has 1 fully saturated rings. The maximum Gasteiger partial charge on any atom is 0.320 e. The first-order valence-electron chi connectivity index (χ1n) is 9.64. The number of halogens is 2. The molecule has 5 heteroatoms. The molecule has 0 amide bonds. The lowest BCUT2D eigenvalue weighted by Crippen LogP contribution is -2.39. The van der Waals surface area contributed by atoms with Crippen LogP contribution in [0.1, 0.15) is 30.0 Å². The Morgan fingerprint density at radius 1 is 0.931 bits per heavy atom. The van der Waals surface area contributed by atoms with Gasteiger partial charge in [0.15, 0.2) is 0 Å². The van der Waals surface area contributed by atoms with Gasteiger partial charge in [-0.05, 0) is 41.2 Å². The molecule has 1 aliphatic rings. The molecule has 1 saturated heterocycles. The van der Waals surface area contributed by atoms with Gasteiger partial charge in [-0.15, -0.1) is 0 Å². The van der Waals surface area contributed by atoms with Gasteiger partial charge in [0.25, 0.3) is 0 Å². The zero-order valence-electron chi connectivity index (χ0n) is 15.8. The molecule has 1 aliphatic heterocycles. The normalized spacial score (nSPS) is 17.9. The molecule has 2 unspecified atom stereocenters. The third-order valence-electron chi connectivity index (χ3n) is 5.52. The fraction of sp³-hybridized carbons (Fsp3) is 0.208. The minimum absolute atomic E-state index is 0.269. The average Bonchev–Trinajstić information content (AvgIpc) is 3.22. The second kappa shape index (κ2) is 8.58. The van der Waals surface area contributed by atoms with E-state index in [9.17, 15) is 9.90 Å². The van der Waals surface area contributed by atoms with Crippen molar-refractivity contribution in [3.05, 3.63) is 94.0 Å². The molecule has 0 radical (unpaired) electrons. The van der Waals surface area contributed by atoms with E-state index in [0.29, 0.717) is 23.0 Å². The second-order valence-electron chi connectivity index (χ2n) is 7.27. The van der Waals surface area contributed by atoms with Crippen molar-refractivity contribution in [1.82, 2.24) is 4.90 Å². The summed E-state index contributed by atoms with van der Waals surface area (Å²) < 4.78 is 0. The van der Waals surface area contributed by atoms with Gasteiger partial charge in [0, 0.05) is 6.54 Å². The molecule has 0 spiro atoms. The molecule has 0 saturated carbocycles. The number of hydrogen-bond acceptors (Lipinski definition) is 2. The predicted octanol–water partition coefficient (Wildman–Crippen LogP) is 6.30. The van der Waals surface area contributed by atoms with Gasteiger partial charge in [-0.1, -0.05) is 89.9 Å². The molecule has 1 N–H and O–H groups in total. The highest BCUT2D eigenvalue weighted by atomic mass is 35.5. The van der Waals surface area contributed by atoms with E-state index in [1.807, 2.05) is 35.2 Å². The van der Waals surface area contributed by atoms with Crippen molar-refractivity contribution in [2.45, 2.75) is 24.9 Å². The third kappa shape index (κ3) is 4.04. The van der Waals surface area contributed by atoms with E-state index in [2.05, 4.69) is 36.4 Å². The van der Waals surface area contributed by atoms with Crippen molar-refractivity contribution in [1.29, 1.82) is 0 Å². The molecule has 2 atom stereocenters. The number of rotatable bonds is 5. The van der Waals surface area contributed by atoms with Gasteiger partial charge in [0.1, 0.15) is 6.04 Å². The van der Waals surface area contributed by atoms with Crippen molar-refractivity contribution < 1.29 is 9.90 Å². The second-order valence-corrected chi connectivity index (χ2v) is 8.05. The summed E-state index contributed by atoms with van der Waals surface area (Å²) in [6.45, 7) is 0.699. The number of carbonyl (C=O) groups is 1. The molecule has 0 aromatic heterocycles. The lowest BCUT2D eigenvalue weighted by Gasteiger charge is -2.32. The highest BCUT2D eigenvalue weighted by molar-refractivity contribution is 6.42. The fourth-order valence-electron chi connectivity index (χ4n) is 4.13. The van der Waals surface area contributed by atoms with Crippen LogP contribution < -0.4 is 0 Å². The fourth-order valence-corrected chi connectivity index (χ4v) is 4.54. The topological polar surface area (TPSA) is 40.5 Å². The molecule has 1 heterocycles. The van der Waals surface area contributed by atoms with E-state index in [1.54, 1.807) is 6.07 Å². The van der Waals surface area contributed by atoms with Crippen LogP contribution in [-0.2, 0) is 4.79 Å².